The second-order valence-electron chi connectivity index (χ2n) is 4.63. The van der Waals surface area contributed by atoms with E-state index in [9.17, 15) is 4.79 Å². The van der Waals surface area contributed by atoms with Crippen LogP contribution >= 0.6 is 15.9 Å². The maximum Gasteiger partial charge on any atom is 0.286 e. The van der Waals surface area contributed by atoms with Crippen molar-refractivity contribution in [2.45, 2.75) is 33.7 Å². The highest BCUT2D eigenvalue weighted by molar-refractivity contribution is 9.10. The van der Waals surface area contributed by atoms with Gasteiger partial charge in [0.15, 0.2) is 0 Å². The maximum atomic E-state index is 12.4. The Balaban J connectivity index is 2.25. The number of rotatable bonds is 4. The molecular formula is C14H18BrN3O. The Morgan fingerprint density at radius 2 is 1.95 bits per heavy atom. The van der Waals surface area contributed by atoms with Gasteiger partial charge in [0, 0.05) is 28.6 Å². The molecule has 0 aliphatic heterocycles. The van der Waals surface area contributed by atoms with Crippen molar-refractivity contribution in [2.75, 3.05) is 5.43 Å². The van der Waals surface area contributed by atoms with Crippen molar-refractivity contribution in [3.8, 4) is 0 Å². The predicted molar refractivity (Wildman–Crippen MR) is 80.0 cm³/mol. The van der Waals surface area contributed by atoms with Crippen LogP contribution in [0.25, 0.3) is 0 Å². The van der Waals surface area contributed by atoms with Gasteiger partial charge in [0.2, 0.25) is 0 Å². The third-order valence-corrected chi connectivity index (χ3v) is 3.48. The van der Waals surface area contributed by atoms with Crippen molar-refractivity contribution >= 4 is 21.8 Å². The summed E-state index contributed by atoms with van der Waals surface area (Å²) in [7, 11) is 0. The zero-order chi connectivity index (χ0) is 14.0. The summed E-state index contributed by atoms with van der Waals surface area (Å²) < 4.78 is 4.69. The fourth-order valence-corrected chi connectivity index (χ4v) is 2.56. The molecule has 2 aromatic heterocycles. The van der Waals surface area contributed by atoms with Crippen LogP contribution in [0.1, 0.15) is 35.2 Å². The summed E-state index contributed by atoms with van der Waals surface area (Å²) >= 11 is 3.42. The Kier molecular flexibility index (Phi) is 4.14. The van der Waals surface area contributed by atoms with E-state index in [-0.39, 0.29) is 5.91 Å². The summed E-state index contributed by atoms with van der Waals surface area (Å²) in [6, 6.07) is 5.81. The van der Waals surface area contributed by atoms with Crippen LogP contribution < -0.4 is 5.43 Å². The Hall–Kier alpha value is -1.49. The second-order valence-corrected chi connectivity index (χ2v) is 5.55. The molecule has 5 heteroatoms. The number of hydrogen-bond acceptors (Lipinski definition) is 1. The molecule has 2 rings (SSSR count). The van der Waals surface area contributed by atoms with E-state index in [1.165, 1.54) is 0 Å². The molecule has 0 unspecified atom stereocenters. The molecule has 0 aliphatic rings. The molecule has 0 fully saturated rings. The lowest BCUT2D eigenvalue weighted by Gasteiger charge is -2.12. The number of halogens is 1. The van der Waals surface area contributed by atoms with Gasteiger partial charge in [0.05, 0.1) is 0 Å². The molecule has 0 atom stereocenters. The van der Waals surface area contributed by atoms with Gasteiger partial charge in [-0.15, -0.1) is 0 Å². The first-order valence-electron chi connectivity index (χ1n) is 6.35. The van der Waals surface area contributed by atoms with Gasteiger partial charge < -0.3 is 4.57 Å². The zero-order valence-electron chi connectivity index (χ0n) is 11.4. The summed E-state index contributed by atoms with van der Waals surface area (Å²) in [5.41, 5.74) is 5.62. The van der Waals surface area contributed by atoms with Gasteiger partial charge in [-0.05, 0) is 54.4 Å². The van der Waals surface area contributed by atoms with Gasteiger partial charge in [-0.2, -0.15) is 0 Å². The largest absolute Gasteiger partial charge is 0.342 e. The quantitative estimate of drug-likeness (QED) is 0.919. The molecule has 0 saturated carbocycles. The average Bonchev–Trinajstić information content (AvgIpc) is 2.87. The van der Waals surface area contributed by atoms with Crippen LogP contribution in [0.15, 0.2) is 28.9 Å². The number of carbonyl (C=O) groups excluding carboxylic acids is 1. The van der Waals surface area contributed by atoms with Crippen molar-refractivity contribution in [1.82, 2.24) is 9.24 Å². The highest BCUT2D eigenvalue weighted by Crippen LogP contribution is 2.16. The smallest absolute Gasteiger partial charge is 0.286 e. The van der Waals surface area contributed by atoms with E-state index in [0.717, 1.165) is 28.8 Å². The molecule has 0 aliphatic carbocycles. The number of amides is 1. The van der Waals surface area contributed by atoms with Crippen molar-refractivity contribution in [2.24, 2.45) is 0 Å². The van der Waals surface area contributed by atoms with E-state index in [0.29, 0.717) is 5.69 Å². The van der Waals surface area contributed by atoms with Gasteiger partial charge in [0.25, 0.3) is 5.91 Å². The first-order chi connectivity index (χ1) is 9.02. The van der Waals surface area contributed by atoms with Crippen LogP contribution in [-0.2, 0) is 6.54 Å². The fourth-order valence-electron chi connectivity index (χ4n) is 2.09. The highest BCUT2D eigenvalue weighted by atomic mass is 79.9. The molecule has 19 heavy (non-hydrogen) atoms. The molecule has 2 heterocycles. The lowest BCUT2D eigenvalue weighted by atomic mass is 10.4. The monoisotopic (exact) mass is 323 g/mol. The van der Waals surface area contributed by atoms with Crippen LogP contribution in [0.2, 0.25) is 0 Å². The van der Waals surface area contributed by atoms with Crippen molar-refractivity contribution in [3.05, 3.63) is 46.0 Å². The standard InChI is InChI=1S/C14H18BrN3O/c1-4-7-17-9-12(15)8-13(17)14(19)16-18-10(2)5-6-11(18)3/h5-6,8-9H,4,7H2,1-3H3,(H,16,19). The van der Waals surface area contributed by atoms with Gasteiger partial charge in [-0.3, -0.25) is 14.9 Å². The predicted octanol–water partition coefficient (Wildman–Crippen LogP) is 3.46. The Morgan fingerprint density at radius 1 is 1.32 bits per heavy atom. The van der Waals surface area contributed by atoms with E-state index >= 15 is 0 Å². The van der Waals surface area contributed by atoms with E-state index in [1.54, 1.807) is 4.68 Å². The van der Waals surface area contributed by atoms with Crippen LogP contribution in [0.4, 0.5) is 0 Å². The van der Waals surface area contributed by atoms with Gasteiger partial charge in [-0.25, -0.2) is 0 Å². The maximum absolute atomic E-state index is 12.4. The van der Waals surface area contributed by atoms with Crippen LogP contribution in [0.3, 0.4) is 0 Å². The molecule has 4 nitrogen and oxygen atoms in total. The molecule has 0 aromatic carbocycles. The zero-order valence-corrected chi connectivity index (χ0v) is 13.0. The minimum absolute atomic E-state index is 0.0958. The van der Waals surface area contributed by atoms with Crippen molar-refractivity contribution < 1.29 is 4.79 Å². The van der Waals surface area contributed by atoms with E-state index in [4.69, 9.17) is 0 Å². The van der Waals surface area contributed by atoms with Crippen LogP contribution in [-0.4, -0.2) is 15.2 Å². The number of nitrogens with zero attached hydrogens (tertiary/aromatic N) is 2. The SMILES string of the molecule is CCCn1cc(Br)cc1C(=O)Nn1c(C)ccc1C. The molecule has 0 spiro atoms. The number of aromatic nitrogens is 2. The van der Waals surface area contributed by atoms with Gasteiger partial charge in [-0.1, -0.05) is 6.92 Å². The number of carbonyl (C=O) groups is 1. The number of aryl methyl sites for hydroxylation is 3. The van der Waals surface area contributed by atoms with Crippen molar-refractivity contribution in [3.63, 3.8) is 0 Å². The minimum atomic E-state index is -0.0958. The highest BCUT2D eigenvalue weighted by Gasteiger charge is 2.14. The van der Waals surface area contributed by atoms with E-state index < -0.39 is 0 Å². The molecule has 102 valence electrons. The average molecular weight is 324 g/mol. The Bertz CT molecular complexity index is 578. The first-order valence-corrected chi connectivity index (χ1v) is 7.14. The third kappa shape index (κ3) is 2.92. The number of hydrogen-bond donors (Lipinski definition) is 1. The molecule has 2 aromatic rings. The first kappa shape index (κ1) is 13.9. The molecule has 1 amide bonds. The Morgan fingerprint density at radius 3 is 2.53 bits per heavy atom. The Labute approximate surface area is 121 Å². The van der Waals surface area contributed by atoms with Crippen molar-refractivity contribution in [1.29, 1.82) is 0 Å². The number of nitrogens with one attached hydrogen (secondary N) is 1. The van der Waals surface area contributed by atoms with Gasteiger partial charge >= 0.3 is 0 Å². The second kappa shape index (κ2) is 5.65. The van der Waals surface area contributed by atoms with Crippen LogP contribution in [0, 0.1) is 13.8 Å². The summed E-state index contributed by atoms with van der Waals surface area (Å²) in [4.78, 5) is 12.4. The van der Waals surface area contributed by atoms with E-state index in [2.05, 4.69) is 28.3 Å². The fraction of sp³-hybridized carbons (Fsp3) is 0.357. The summed E-state index contributed by atoms with van der Waals surface area (Å²) in [6.07, 6.45) is 2.93. The molecule has 0 bridgehead atoms. The summed E-state index contributed by atoms with van der Waals surface area (Å²) in [5.74, 6) is -0.0958. The molecular weight excluding hydrogens is 306 g/mol. The normalized spacial score (nSPS) is 10.7. The van der Waals surface area contributed by atoms with E-state index in [1.807, 2.05) is 42.8 Å². The lowest BCUT2D eigenvalue weighted by molar-refractivity contribution is 0.0998. The van der Waals surface area contributed by atoms with Gasteiger partial charge in [0.1, 0.15) is 5.69 Å². The summed E-state index contributed by atoms with van der Waals surface area (Å²) in [6.45, 7) is 6.86. The summed E-state index contributed by atoms with van der Waals surface area (Å²) in [5, 5.41) is 0. The molecule has 1 N–H and O–H groups in total. The molecule has 0 saturated heterocycles. The van der Waals surface area contributed by atoms with Crippen LogP contribution in [0.5, 0.6) is 0 Å². The third-order valence-electron chi connectivity index (χ3n) is 3.04. The minimum Gasteiger partial charge on any atom is -0.342 e. The topological polar surface area (TPSA) is 39.0 Å². The molecule has 0 radical (unpaired) electrons. The lowest BCUT2D eigenvalue weighted by Crippen LogP contribution is -2.26.